The lowest BCUT2D eigenvalue weighted by molar-refractivity contribution is -0.136. The standard InChI is InChI=1S/C25H27N7O/c33-24(30-15-17-31(18-16-30)25-26-10-4-11-27-25)19-8-13-29(14-9-19)23-22-7-3-12-32(22)21-6-2-1-5-20(21)28-23/h1-7,10-12,19H,8-9,13-18H2. The smallest absolute Gasteiger partial charge is 0.225 e. The number of carbonyl (C=O) groups is 1. The van der Waals surface area contributed by atoms with E-state index < -0.39 is 0 Å². The summed E-state index contributed by atoms with van der Waals surface area (Å²) in [5, 5.41) is 0. The van der Waals surface area contributed by atoms with Crippen molar-refractivity contribution in [2.45, 2.75) is 12.8 Å². The molecule has 5 heterocycles. The molecule has 2 aliphatic heterocycles. The highest BCUT2D eigenvalue weighted by Crippen LogP contribution is 2.29. The van der Waals surface area contributed by atoms with Crippen molar-refractivity contribution < 1.29 is 4.79 Å². The number of aromatic nitrogens is 4. The van der Waals surface area contributed by atoms with E-state index in [1.807, 2.05) is 23.1 Å². The molecule has 2 aliphatic rings. The molecule has 8 nitrogen and oxygen atoms in total. The Balaban J connectivity index is 1.12. The van der Waals surface area contributed by atoms with Gasteiger partial charge in [-0.1, -0.05) is 12.1 Å². The van der Waals surface area contributed by atoms with Crippen molar-refractivity contribution in [3.05, 3.63) is 61.1 Å². The van der Waals surface area contributed by atoms with Crippen molar-refractivity contribution in [2.24, 2.45) is 5.92 Å². The van der Waals surface area contributed by atoms with Gasteiger partial charge in [-0.15, -0.1) is 0 Å². The zero-order valence-electron chi connectivity index (χ0n) is 18.5. The van der Waals surface area contributed by atoms with Crippen LogP contribution in [0.3, 0.4) is 0 Å². The Bertz CT molecular complexity index is 1270. The highest BCUT2D eigenvalue weighted by Gasteiger charge is 2.31. The molecule has 0 radical (unpaired) electrons. The lowest BCUT2D eigenvalue weighted by Crippen LogP contribution is -2.52. The Morgan fingerprint density at radius 1 is 0.788 bits per heavy atom. The summed E-state index contributed by atoms with van der Waals surface area (Å²) in [6.07, 6.45) is 7.35. The van der Waals surface area contributed by atoms with Gasteiger partial charge in [0.15, 0.2) is 5.82 Å². The number of carbonyl (C=O) groups excluding carboxylic acids is 1. The highest BCUT2D eigenvalue weighted by atomic mass is 16.2. The number of fused-ring (bicyclic) bond motifs is 3. The summed E-state index contributed by atoms with van der Waals surface area (Å²) < 4.78 is 2.21. The van der Waals surface area contributed by atoms with Crippen molar-refractivity contribution in [3.63, 3.8) is 0 Å². The fourth-order valence-corrected chi connectivity index (χ4v) is 5.12. The fraction of sp³-hybridized carbons (Fsp3) is 0.360. The van der Waals surface area contributed by atoms with E-state index in [4.69, 9.17) is 4.98 Å². The molecule has 33 heavy (non-hydrogen) atoms. The van der Waals surface area contributed by atoms with Crippen molar-refractivity contribution in [2.75, 3.05) is 49.1 Å². The molecule has 0 bridgehead atoms. The number of hydrogen-bond acceptors (Lipinski definition) is 6. The van der Waals surface area contributed by atoms with E-state index in [9.17, 15) is 4.79 Å². The zero-order chi connectivity index (χ0) is 22.2. The van der Waals surface area contributed by atoms with Gasteiger partial charge in [-0.05, 0) is 43.2 Å². The molecule has 3 aromatic heterocycles. The Morgan fingerprint density at radius 3 is 2.30 bits per heavy atom. The second kappa shape index (κ2) is 8.35. The maximum Gasteiger partial charge on any atom is 0.225 e. The van der Waals surface area contributed by atoms with E-state index in [0.717, 1.165) is 80.4 Å². The summed E-state index contributed by atoms with van der Waals surface area (Å²) in [7, 11) is 0. The maximum absolute atomic E-state index is 13.2. The van der Waals surface area contributed by atoms with Gasteiger partial charge in [0.2, 0.25) is 11.9 Å². The third kappa shape index (κ3) is 3.65. The Hall–Kier alpha value is -3.68. The molecular formula is C25H27N7O. The highest BCUT2D eigenvalue weighted by molar-refractivity contribution is 5.85. The number of para-hydroxylation sites is 2. The molecule has 4 aromatic rings. The van der Waals surface area contributed by atoms with Crippen LogP contribution in [0.15, 0.2) is 61.1 Å². The minimum absolute atomic E-state index is 0.0871. The van der Waals surface area contributed by atoms with Crippen molar-refractivity contribution >= 4 is 34.2 Å². The molecule has 2 saturated heterocycles. The van der Waals surface area contributed by atoms with Crippen LogP contribution in [0.5, 0.6) is 0 Å². The van der Waals surface area contributed by atoms with Crippen LogP contribution in [0, 0.1) is 5.92 Å². The van der Waals surface area contributed by atoms with E-state index in [1.54, 1.807) is 12.4 Å². The predicted molar refractivity (Wildman–Crippen MR) is 128 cm³/mol. The van der Waals surface area contributed by atoms with Gasteiger partial charge in [0, 0.05) is 63.8 Å². The van der Waals surface area contributed by atoms with Crippen LogP contribution in [-0.4, -0.2) is 69.4 Å². The van der Waals surface area contributed by atoms with Crippen LogP contribution < -0.4 is 9.80 Å². The van der Waals surface area contributed by atoms with Gasteiger partial charge >= 0.3 is 0 Å². The minimum Gasteiger partial charge on any atom is -0.355 e. The monoisotopic (exact) mass is 441 g/mol. The van der Waals surface area contributed by atoms with Gasteiger partial charge in [-0.25, -0.2) is 15.0 Å². The molecule has 6 rings (SSSR count). The average Bonchev–Trinajstić information content (AvgIpc) is 3.39. The topological polar surface area (TPSA) is 69.9 Å². The van der Waals surface area contributed by atoms with Gasteiger partial charge in [-0.3, -0.25) is 4.79 Å². The molecule has 0 spiro atoms. The zero-order valence-corrected chi connectivity index (χ0v) is 18.5. The maximum atomic E-state index is 13.2. The Morgan fingerprint density at radius 2 is 1.52 bits per heavy atom. The van der Waals surface area contributed by atoms with E-state index in [1.165, 1.54) is 0 Å². The summed E-state index contributed by atoms with van der Waals surface area (Å²) >= 11 is 0. The lowest BCUT2D eigenvalue weighted by atomic mass is 9.95. The number of benzene rings is 1. The summed E-state index contributed by atoms with van der Waals surface area (Å²) in [5.41, 5.74) is 3.23. The van der Waals surface area contributed by atoms with Crippen LogP contribution in [0.1, 0.15) is 12.8 Å². The first kappa shape index (κ1) is 20.0. The third-order valence-corrected chi connectivity index (χ3v) is 6.92. The quantitative estimate of drug-likeness (QED) is 0.487. The summed E-state index contributed by atoms with van der Waals surface area (Å²) in [5.74, 6) is 2.14. The molecule has 168 valence electrons. The van der Waals surface area contributed by atoms with E-state index in [0.29, 0.717) is 5.91 Å². The van der Waals surface area contributed by atoms with E-state index >= 15 is 0 Å². The number of nitrogens with zero attached hydrogens (tertiary/aromatic N) is 7. The first-order chi connectivity index (χ1) is 16.3. The molecule has 0 atom stereocenters. The number of anilines is 2. The van der Waals surface area contributed by atoms with Gasteiger partial charge in [-0.2, -0.15) is 0 Å². The molecule has 1 aromatic carbocycles. The van der Waals surface area contributed by atoms with Crippen LogP contribution in [-0.2, 0) is 4.79 Å². The predicted octanol–water partition coefficient (Wildman–Crippen LogP) is 2.84. The number of amides is 1. The van der Waals surface area contributed by atoms with Gasteiger partial charge < -0.3 is 19.1 Å². The molecule has 1 amide bonds. The van der Waals surface area contributed by atoms with Gasteiger partial charge in [0.25, 0.3) is 0 Å². The summed E-state index contributed by atoms with van der Waals surface area (Å²) in [6.45, 7) is 4.72. The molecule has 0 N–H and O–H groups in total. The minimum atomic E-state index is 0.0871. The Labute approximate surface area is 192 Å². The number of hydrogen-bond donors (Lipinski definition) is 0. The first-order valence-electron chi connectivity index (χ1n) is 11.7. The summed E-state index contributed by atoms with van der Waals surface area (Å²) in [4.78, 5) is 33.4. The normalized spacial score (nSPS) is 17.8. The van der Waals surface area contributed by atoms with Gasteiger partial charge in [0.1, 0.15) is 0 Å². The molecule has 2 fully saturated rings. The van der Waals surface area contributed by atoms with Crippen LogP contribution in [0.25, 0.3) is 16.6 Å². The number of rotatable bonds is 3. The molecule has 0 aliphatic carbocycles. The average molecular weight is 442 g/mol. The Kier molecular flexibility index (Phi) is 5.05. The van der Waals surface area contributed by atoms with Crippen molar-refractivity contribution in [1.29, 1.82) is 0 Å². The molecular weight excluding hydrogens is 414 g/mol. The fourth-order valence-electron chi connectivity index (χ4n) is 5.12. The van der Waals surface area contributed by atoms with Crippen molar-refractivity contribution in [1.82, 2.24) is 24.3 Å². The number of piperidine rings is 1. The SMILES string of the molecule is O=C(C1CCN(c2nc3ccccc3n3cccc23)CC1)N1CCN(c2ncccn2)CC1. The lowest BCUT2D eigenvalue weighted by Gasteiger charge is -2.38. The first-order valence-corrected chi connectivity index (χ1v) is 11.7. The van der Waals surface area contributed by atoms with Crippen LogP contribution >= 0.6 is 0 Å². The molecule has 0 unspecified atom stereocenters. The molecule has 8 heteroatoms. The number of piperazine rings is 1. The van der Waals surface area contributed by atoms with E-state index in [2.05, 4.69) is 54.6 Å². The van der Waals surface area contributed by atoms with Gasteiger partial charge in [0.05, 0.1) is 16.6 Å². The van der Waals surface area contributed by atoms with E-state index in [-0.39, 0.29) is 5.92 Å². The summed E-state index contributed by atoms with van der Waals surface area (Å²) in [6, 6.07) is 14.3. The third-order valence-electron chi connectivity index (χ3n) is 6.92. The second-order valence-corrected chi connectivity index (χ2v) is 8.81. The van der Waals surface area contributed by atoms with Crippen LogP contribution in [0.4, 0.5) is 11.8 Å². The van der Waals surface area contributed by atoms with Crippen molar-refractivity contribution in [3.8, 4) is 0 Å². The largest absolute Gasteiger partial charge is 0.355 e. The van der Waals surface area contributed by atoms with Crippen LogP contribution in [0.2, 0.25) is 0 Å². The molecule has 0 saturated carbocycles. The second-order valence-electron chi connectivity index (χ2n) is 8.81.